The number of benzene rings is 1. The summed E-state index contributed by atoms with van der Waals surface area (Å²) in [7, 11) is 1.68. The van der Waals surface area contributed by atoms with Gasteiger partial charge in [0, 0.05) is 67.6 Å². The Bertz CT molecular complexity index is 1510. The number of aromatic nitrogens is 3. The summed E-state index contributed by atoms with van der Waals surface area (Å²) in [4.78, 5) is 11.0. The Balaban J connectivity index is 1.50. The van der Waals surface area contributed by atoms with E-state index >= 15 is 0 Å². The standard InChI is InChI=1S/C31H38F3N7S/c1-19-8-10-22-11-9-20(2)35-27(31(32,33)34)18-38(4)30-15-28(39-16-23(42)17-39)36-29-14-25(37-41(29)30)26-7-5-6-12-40(26)21(3)24(22)13-19/h8,10,13-15,23,26-27,35,42H,2-3,5-7,9,11-12,16-18H2,1,4H3. The molecule has 2 atom stereocenters. The molecule has 224 valence electrons. The third-order valence-corrected chi connectivity index (χ3v) is 9.01. The first-order valence-electron chi connectivity index (χ1n) is 14.6. The van der Waals surface area contributed by atoms with Crippen LogP contribution in [-0.4, -0.2) is 70.2 Å². The Kier molecular flexibility index (Phi) is 7.57. The van der Waals surface area contributed by atoms with Crippen LogP contribution in [0.25, 0.3) is 11.3 Å². The number of anilines is 2. The summed E-state index contributed by atoms with van der Waals surface area (Å²) in [6, 6.07) is 8.25. The molecule has 7 nitrogen and oxygen atoms in total. The van der Waals surface area contributed by atoms with Gasteiger partial charge in [0.25, 0.3) is 0 Å². The van der Waals surface area contributed by atoms with Gasteiger partial charge in [0.1, 0.15) is 17.7 Å². The number of allylic oxidation sites excluding steroid dienone is 1. The molecule has 0 saturated carbocycles. The summed E-state index contributed by atoms with van der Waals surface area (Å²) in [6.07, 6.45) is -0.512. The monoisotopic (exact) mass is 597 g/mol. The number of fused-ring (bicyclic) bond motifs is 4. The highest BCUT2D eigenvalue weighted by molar-refractivity contribution is 7.81. The molecule has 42 heavy (non-hydrogen) atoms. The molecular weight excluding hydrogens is 559 g/mol. The maximum atomic E-state index is 14.4. The minimum atomic E-state index is -4.48. The van der Waals surface area contributed by atoms with E-state index in [9.17, 15) is 13.2 Å². The lowest BCUT2D eigenvalue weighted by molar-refractivity contribution is -0.151. The van der Waals surface area contributed by atoms with Crippen LogP contribution in [0.15, 0.2) is 49.2 Å². The molecule has 3 aliphatic rings. The van der Waals surface area contributed by atoms with E-state index in [4.69, 9.17) is 10.1 Å². The number of alkyl halides is 3. The molecule has 1 N–H and O–H groups in total. The van der Waals surface area contributed by atoms with Crippen LogP contribution in [0.4, 0.5) is 24.8 Å². The first-order valence-corrected chi connectivity index (χ1v) is 15.1. The van der Waals surface area contributed by atoms with Gasteiger partial charge in [-0.3, -0.25) is 0 Å². The van der Waals surface area contributed by atoms with Gasteiger partial charge in [-0.1, -0.05) is 30.9 Å². The average molecular weight is 598 g/mol. The van der Waals surface area contributed by atoms with E-state index in [0.717, 1.165) is 67.0 Å². The van der Waals surface area contributed by atoms with Crippen molar-refractivity contribution in [2.24, 2.45) is 0 Å². The summed E-state index contributed by atoms with van der Waals surface area (Å²) in [5, 5.41) is 7.96. The molecule has 11 heteroatoms. The Morgan fingerprint density at radius 3 is 2.57 bits per heavy atom. The van der Waals surface area contributed by atoms with Crippen LogP contribution in [0, 0.1) is 6.92 Å². The number of piperidine rings is 1. The minimum Gasteiger partial charge on any atom is -0.376 e. The lowest BCUT2D eigenvalue weighted by Gasteiger charge is -2.38. The van der Waals surface area contributed by atoms with Crippen LogP contribution in [0.1, 0.15) is 54.1 Å². The highest BCUT2D eigenvalue weighted by Crippen LogP contribution is 2.39. The van der Waals surface area contributed by atoms with E-state index in [0.29, 0.717) is 35.8 Å². The van der Waals surface area contributed by atoms with E-state index in [1.165, 1.54) is 0 Å². The molecule has 2 aromatic heterocycles. The average Bonchev–Trinajstić information content (AvgIpc) is 3.36. The second-order valence-electron chi connectivity index (χ2n) is 11.9. The quantitative estimate of drug-likeness (QED) is 0.348. The maximum absolute atomic E-state index is 14.4. The van der Waals surface area contributed by atoms with Crippen molar-refractivity contribution in [2.45, 2.75) is 62.5 Å². The smallest absolute Gasteiger partial charge is 0.376 e. The van der Waals surface area contributed by atoms with Crippen molar-refractivity contribution >= 4 is 35.6 Å². The van der Waals surface area contributed by atoms with Gasteiger partial charge in [0.05, 0.1) is 11.7 Å². The summed E-state index contributed by atoms with van der Waals surface area (Å²) in [5.41, 5.74) is 5.92. The normalized spacial score (nSPS) is 22.7. The summed E-state index contributed by atoms with van der Waals surface area (Å²) < 4.78 is 44.8. The number of nitrogens with one attached hydrogen (secondary N) is 1. The van der Waals surface area contributed by atoms with Crippen LogP contribution >= 0.6 is 12.6 Å². The predicted octanol–water partition coefficient (Wildman–Crippen LogP) is 5.77. The number of thiol groups is 1. The van der Waals surface area contributed by atoms with Gasteiger partial charge in [0.2, 0.25) is 0 Å². The maximum Gasteiger partial charge on any atom is 0.410 e. The van der Waals surface area contributed by atoms with Crippen molar-refractivity contribution < 1.29 is 13.2 Å². The molecule has 2 bridgehead atoms. The van der Waals surface area contributed by atoms with Gasteiger partial charge in [-0.15, -0.1) is 0 Å². The molecule has 0 radical (unpaired) electrons. The van der Waals surface area contributed by atoms with Crippen LogP contribution in [-0.2, 0) is 6.42 Å². The zero-order chi connectivity index (χ0) is 29.8. The Labute approximate surface area is 250 Å². The highest BCUT2D eigenvalue weighted by Gasteiger charge is 2.41. The van der Waals surface area contributed by atoms with E-state index in [-0.39, 0.29) is 17.8 Å². The van der Waals surface area contributed by atoms with Crippen LogP contribution in [0.2, 0.25) is 0 Å². The number of hydrogen-bond donors (Lipinski definition) is 2. The third-order valence-electron chi connectivity index (χ3n) is 8.68. The van der Waals surface area contributed by atoms with Gasteiger partial charge in [-0.25, -0.2) is 4.98 Å². The number of halogens is 3. The molecule has 0 amide bonds. The first kappa shape index (κ1) is 28.8. The fourth-order valence-electron chi connectivity index (χ4n) is 6.30. The number of aryl methyl sites for hydroxylation is 2. The summed E-state index contributed by atoms with van der Waals surface area (Å²) in [6.45, 7) is 12.6. The summed E-state index contributed by atoms with van der Waals surface area (Å²) >= 11 is 4.54. The Hall–Kier alpha value is -3.34. The lowest BCUT2D eigenvalue weighted by Crippen LogP contribution is -2.50. The van der Waals surface area contributed by atoms with Crippen LogP contribution in [0.5, 0.6) is 0 Å². The fraction of sp³-hybridized carbons (Fsp3) is 0.484. The van der Waals surface area contributed by atoms with Gasteiger partial charge in [-0.2, -0.15) is 35.4 Å². The Morgan fingerprint density at radius 1 is 1.05 bits per heavy atom. The molecule has 6 rings (SSSR count). The molecule has 5 heterocycles. The van der Waals surface area contributed by atoms with E-state index in [1.807, 2.05) is 25.1 Å². The van der Waals surface area contributed by atoms with Gasteiger partial charge in [0.15, 0.2) is 5.65 Å². The fourth-order valence-corrected chi connectivity index (χ4v) is 6.69. The van der Waals surface area contributed by atoms with Crippen molar-refractivity contribution in [2.75, 3.05) is 43.0 Å². The lowest BCUT2D eigenvalue weighted by atomic mass is 9.93. The third kappa shape index (κ3) is 5.55. The zero-order valence-corrected chi connectivity index (χ0v) is 25.1. The SMILES string of the molecule is C=C1CCc2ccc(C)cc2C(=C)N2CCCCC2c2cc3nc(N4CC(S)C4)cc(n3n2)N(C)CC(C(F)(F)F)N1. The molecule has 0 aliphatic carbocycles. The molecular formula is C31H38F3N7S. The van der Waals surface area contributed by atoms with Gasteiger partial charge >= 0.3 is 6.18 Å². The largest absolute Gasteiger partial charge is 0.410 e. The molecule has 1 aromatic carbocycles. The van der Waals surface area contributed by atoms with Crippen LogP contribution < -0.4 is 15.1 Å². The number of rotatable bonds is 1. The van der Waals surface area contributed by atoms with Gasteiger partial charge in [-0.05, 0) is 50.7 Å². The van der Waals surface area contributed by atoms with Crippen molar-refractivity contribution in [3.63, 3.8) is 0 Å². The Morgan fingerprint density at radius 2 is 1.83 bits per heavy atom. The predicted molar refractivity (Wildman–Crippen MR) is 165 cm³/mol. The second-order valence-corrected chi connectivity index (χ2v) is 12.6. The van der Waals surface area contributed by atoms with E-state index < -0.39 is 12.2 Å². The van der Waals surface area contributed by atoms with Gasteiger partial charge < -0.3 is 20.0 Å². The summed E-state index contributed by atoms with van der Waals surface area (Å²) in [5.74, 6) is 1.27. The van der Waals surface area contributed by atoms with Crippen LogP contribution in [0.3, 0.4) is 0 Å². The molecule has 2 saturated heterocycles. The molecule has 0 spiro atoms. The van der Waals surface area contributed by atoms with Crippen molar-refractivity contribution in [1.82, 2.24) is 24.8 Å². The first-order chi connectivity index (χ1) is 20.0. The minimum absolute atomic E-state index is 0.0128. The molecule has 2 fully saturated rings. The number of hydrogen-bond acceptors (Lipinski definition) is 7. The number of likely N-dealkylation sites (N-methyl/N-ethyl adjacent to an activating group) is 1. The zero-order valence-electron chi connectivity index (χ0n) is 24.2. The molecule has 3 aliphatic heterocycles. The second kappa shape index (κ2) is 11.1. The van der Waals surface area contributed by atoms with Crippen molar-refractivity contribution in [3.8, 4) is 0 Å². The molecule has 2 unspecified atom stereocenters. The van der Waals surface area contributed by atoms with Crippen molar-refractivity contribution in [1.29, 1.82) is 0 Å². The topological polar surface area (TPSA) is 51.9 Å². The van der Waals surface area contributed by atoms with E-state index in [2.05, 4.69) is 53.0 Å². The van der Waals surface area contributed by atoms with E-state index in [1.54, 1.807) is 16.5 Å². The number of nitrogens with zero attached hydrogens (tertiary/aromatic N) is 6. The van der Waals surface area contributed by atoms with Crippen molar-refractivity contribution in [3.05, 3.63) is 71.6 Å². The molecule has 3 aromatic rings. The highest BCUT2D eigenvalue weighted by atomic mass is 32.1.